The van der Waals surface area contributed by atoms with Crippen molar-refractivity contribution >= 4 is 41.6 Å². The number of carbonyl (C=O) groups excluding carboxylic acids is 1. The number of rotatable bonds is 5. The number of halogens is 3. The predicted octanol–water partition coefficient (Wildman–Crippen LogP) is 6.56. The van der Waals surface area contributed by atoms with E-state index in [0.717, 1.165) is 16.1 Å². The van der Waals surface area contributed by atoms with Crippen LogP contribution in [0.15, 0.2) is 95.9 Å². The first kappa shape index (κ1) is 27.4. The van der Waals surface area contributed by atoms with E-state index in [2.05, 4.69) is 27.8 Å². The number of carbonyl (C=O) groups is 1. The molecule has 0 radical (unpaired) electrons. The maximum atomic E-state index is 13.5. The number of hydrogen-bond donors (Lipinski definition) is 2. The van der Waals surface area contributed by atoms with Gasteiger partial charge in [0.05, 0.1) is 0 Å². The van der Waals surface area contributed by atoms with Gasteiger partial charge in [-0.25, -0.2) is 13.8 Å². The molecule has 196 valence electrons. The fourth-order valence-electron chi connectivity index (χ4n) is 3.89. The standard InChI is InChI=1S/C23H22ClFN4O.C6H5FS/c24-18-9-7-17(8-10-18)16-26-22-6-2-5-21(27-22)23(30)29-13-11-28(12-14-29)20-4-1-3-19(25)15-20;7-5-1-3-6(8)4-2-5/h1-10,15H,11-14,16H2,(H,26,27);1-4,8H. The lowest BCUT2D eigenvalue weighted by molar-refractivity contribution is 0.0741. The van der Waals surface area contributed by atoms with E-state index in [-0.39, 0.29) is 17.5 Å². The minimum Gasteiger partial charge on any atom is -0.368 e. The van der Waals surface area contributed by atoms with Gasteiger partial charge in [0.25, 0.3) is 5.91 Å². The van der Waals surface area contributed by atoms with E-state index in [9.17, 15) is 13.6 Å². The van der Waals surface area contributed by atoms with Crippen LogP contribution in [0.1, 0.15) is 16.1 Å². The van der Waals surface area contributed by atoms with Crippen LogP contribution >= 0.6 is 24.2 Å². The SMILES string of the molecule is Fc1ccc(S)cc1.O=C(c1cccc(NCc2ccc(Cl)cc2)n1)N1CCN(c2cccc(F)c2)CC1. The first-order valence-electron chi connectivity index (χ1n) is 12.1. The molecule has 0 saturated carbocycles. The van der Waals surface area contributed by atoms with Crippen LogP contribution in [0.3, 0.4) is 0 Å². The van der Waals surface area contributed by atoms with Gasteiger partial charge in [0.15, 0.2) is 0 Å². The molecule has 2 heterocycles. The second-order valence-electron chi connectivity index (χ2n) is 8.62. The molecule has 0 bridgehead atoms. The first-order valence-corrected chi connectivity index (χ1v) is 12.9. The molecule has 1 N–H and O–H groups in total. The predicted molar refractivity (Wildman–Crippen MR) is 151 cm³/mol. The summed E-state index contributed by atoms with van der Waals surface area (Å²) in [5.74, 6) is 0.0825. The molecular formula is C29H27ClF2N4OS. The molecule has 3 aromatic carbocycles. The number of nitrogens with zero attached hydrogens (tertiary/aromatic N) is 3. The third-order valence-corrected chi connectivity index (χ3v) is 6.47. The van der Waals surface area contributed by atoms with E-state index in [0.29, 0.717) is 49.3 Å². The van der Waals surface area contributed by atoms with Crippen LogP contribution in [-0.2, 0) is 6.54 Å². The van der Waals surface area contributed by atoms with Crippen molar-refractivity contribution in [1.29, 1.82) is 0 Å². The molecule has 1 aliphatic rings. The third kappa shape index (κ3) is 7.94. The number of nitrogens with one attached hydrogen (secondary N) is 1. The minimum absolute atomic E-state index is 0.0935. The molecule has 5 rings (SSSR count). The number of pyridine rings is 1. The zero-order valence-corrected chi connectivity index (χ0v) is 22.2. The van der Waals surface area contributed by atoms with Crippen LogP contribution < -0.4 is 10.2 Å². The number of anilines is 2. The molecule has 1 saturated heterocycles. The molecule has 1 aromatic heterocycles. The monoisotopic (exact) mass is 552 g/mol. The normalized spacial score (nSPS) is 12.9. The van der Waals surface area contributed by atoms with Gasteiger partial charge in [-0.2, -0.15) is 0 Å². The molecule has 38 heavy (non-hydrogen) atoms. The summed E-state index contributed by atoms with van der Waals surface area (Å²) in [4.78, 5) is 22.0. The zero-order chi connectivity index (χ0) is 26.9. The highest BCUT2D eigenvalue weighted by atomic mass is 35.5. The fourth-order valence-corrected chi connectivity index (χ4v) is 4.17. The molecule has 0 spiro atoms. The van der Waals surface area contributed by atoms with E-state index in [1.165, 1.54) is 24.3 Å². The van der Waals surface area contributed by atoms with Gasteiger partial charge >= 0.3 is 0 Å². The Labute approximate surface area is 231 Å². The molecule has 4 aromatic rings. The van der Waals surface area contributed by atoms with Gasteiger partial charge in [-0.15, -0.1) is 12.6 Å². The summed E-state index contributed by atoms with van der Waals surface area (Å²) in [5.41, 5.74) is 2.33. The number of hydrogen-bond acceptors (Lipinski definition) is 5. The Morgan fingerprint density at radius 2 is 1.55 bits per heavy atom. The number of benzene rings is 3. The van der Waals surface area contributed by atoms with Gasteiger partial charge in [-0.3, -0.25) is 4.79 Å². The highest BCUT2D eigenvalue weighted by molar-refractivity contribution is 7.80. The summed E-state index contributed by atoms with van der Waals surface area (Å²) < 4.78 is 25.5. The number of thiol groups is 1. The van der Waals surface area contributed by atoms with Crippen molar-refractivity contribution in [3.63, 3.8) is 0 Å². The van der Waals surface area contributed by atoms with Crippen LogP contribution in [0.2, 0.25) is 5.02 Å². The number of piperazine rings is 1. The van der Waals surface area contributed by atoms with Crippen molar-refractivity contribution in [2.24, 2.45) is 0 Å². The molecule has 1 amide bonds. The quantitative estimate of drug-likeness (QED) is 0.275. The van der Waals surface area contributed by atoms with E-state index in [1.54, 1.807) is 29.2 Å². The van der Waals surface area contributed by atoms with Gasteiger partial charge in [0.2, 0.25) is 0 Å². The molecule has 1 fully saturated rings. The zero-order valence-electron chi connectivity index (χ0n) is 20.5. The van der Waals surface area contributed by atoms with Crippen LogP contribution in [-0.4, -0.2) is 42.0 Å². The summed E-state index contributed by atoms with van der Waals surface area (Å²) in [7, 11) is 0. The minimum atomic E-state index is -0.252. The summed E-state index contributed by atoms with van der Waals surface area (Å²) in [6.07, 6.45) is 0. The van der Waals surface area contributed by atoms with Crippen LogP contribution in [0.4, 0.5) is 20.3 Å². The van der Waals surface area contributed by atoms with Crippen molar-refractivity contribution in [2.45, 2.75) is 11.4 Å². The van der Waals surface area contributed by atoms with Gasteiger partial charge in [-0.1, -0.05) is 35.9 Å². The average molecular weight is 553 g/mol. The van der Waals surface area contributed by atoms with E-state index >= 15 is 0 Å². The van der Waals surface area contributed by atoms with Gasteiger partial charge in [0, 0.05) is 48.3 Å². The maximum Gasteiger partial charge on any atom is 0.272 e. The third-order valence-electron chi connectivity index (χ3n) is 5.92. The lowest BCUT2D eigenvalue weighted by Gasteiger charge is -2.36. The summed E-state index contributed by atoms with van der Waals surface area (Å²) in [6, 6.07) is 25.5. The summed E-state index contributed by atoms with van der Waals surface area (Å²) >= 11 is 9.88. The summed E-state index contributed by atoms with van der Waals surface area (Å²) in [6.45, 7) is 3.04. The van der Waals surface area contributed by atoms with Crippen molar-refractivity contribution in [1.82, 2.24) is 9.88 Å². The average Bonchev–Trinajstić information content (AvgIpc) is 2.94. The number of aromatic nitrogens is 1. The Hall–Kier alpha value is -3.62. The van der Waals surface area contributed by atoms with Crippen molar-refractivity contribution in [3.05, 3.63) is 119 Å². The second-order valence-corrected chi connectivity index (χ2v) is 9.58. The fraction of sp³-hybridized carbons (Fsp3) is 0.172. The van der Waals surface area contributed by atoms with Crippen LogP contribution in [0.25, 0.3) is 0 Å². The highest BCUT2D eigenvalue weighted by Gasteiger charge is 2.23. The molecular weight excluding hydrogens is 526 g/mol. The Morgan fingerprint density at radius 3 is 2.21 bits per heavy atom. The highest BCUT2D eigenvalue weighted by Crippen LogP contribution is 2.19. The Morgan fingerprint density at radius 1 is 0.868 bits per heavy atom. The second kappa shape index (κ2) is 13.3. The van der Waals surface area contributed by atoms with E-state index < -0.39 is 0 Å². The van der Waals surface area contributed by atoms with Crippen molar-refractivity contribution in [3.8, 4) is 0 Å². The van der Waals surface area contributed by atoms with Gasteiger partial charge in [-0.05, 0) is 72.3 Å². The molecule has 0 atom stereocenters. The lowest BCUT2D eigenvalue weighted by atomic mass is 10.2. The largest absolute Gasteiger partial charge is 0.368 e. The Kier molecular flexibility index (Phi) is 9.56. The summed E-state index contributed by atoms with van der Waals surface area (Å²) in [5, 5.41) is 3.94. The van der Waals surface area contributed by atoms with Crippen LogP contribution in [0.5, 0.6) is 0 Å². The molecule has 0 unspecified atom stereocenters. The van der Waals surface area contributed by atoms with E-state index in [1.807, 2.05) is 42.5 Å². The maximum absolute atomic E-state index is 13.5. The Bertz CT molecular complexity index is 1330. The van der Waals surface area contributed by atoms with Crippen molar-refractivity contribution < 1.29 is 13.6 Å². The smallest absolute Gasteiger partial charge is 0.272 e. The van der Waals surface area contributed by atoms with Gasteiger partial charge < -0.3 is 15.1 Å². The van der Waals surface area contributed by atoms with E-state index in [4.69, 9.17) is 11.6 Å². The molecule has 5 nitrogen and oxygen atoms in total. The van der Waals surface area contributed by atoms with Crippen molar-refractivity contribution in [2.75, 3.05) is 36.4 Å². The number of amides is 1. The van der Waals surface area contributed by atoms with Crippen LogP contribution in [0, 0.1) is 11.6 Å². The molecule has 1 aliphatic heterocycles. The lowest BCUT2D eigenvalue weighted by Crippen LogP contribution is -2.49. The van der Waals surface area contributed by atoms with Gasteiger partial charge in [0.1, 0.15) is 23.1 Å². The molecule has 0 aliphatic carbocycles. The molecule has 9 heteroatoms. The topological polar surface area (TPSA) is 48.5 Å². The Balaban J connectivity index is 0.000000360. The first-order chi connectivity index (χ1) is 18.4.